The van der Waals surface area contributed by atoms with E-state index in [4.69, 9.17) is 4.74 Å². The molecule has 1 amide bonds. The lowest BCUT2D eigenvalue weighted by atomic mass is 10.1. The van der Waals surface area contributed by atoms with Gasteiger partial charge in [0.1, 0.15) is 5.75 Å². The third-order valence-corrected chi connectivity index (χ3v) is 4.37. The molecule has 1 N–H and O–H groups in total. The second kappa shape index (κ2) is 8.90. The van der Waals surface area contributed by atoms with Crippen LogP contribution < -0.4 is 15.0 Å². The summed E-state index contributed by atoms with van der Waals surface area (Å²) < 4.78 is 5.14. The molecule has 0 aliphatic rings. The zero-order valence-electron chi connectivity index (χ0n) is 15.7. The fourth-order valence-electron chi connectivity index (χ4n) is 2.98. The minimum atomic E-state index is -0.0386. The molecule has 0 heterocycles. The van der Waals surface area contributed by atoms with Gasteiger partial charge in [0.05, 0.1) is 13.5 Å². The molecule has 3 rings (SSSR count). The van der Waals surface area contributed by atoms with Crippen molar-refractivity contribution in [3.05, 3.63) is 84.4 Å². The van der Waals surface area contributed by atoms with Gasteiger partial charge in [-0.3, -0.25) is 4.79 Å². The van der Waals surface area contributed by atoms with Gasteiger partial charge in [0.2, 0.25) is 5.91 Å². The van der Waals surface area contributed by atoms with Crippen LogP contribution in [-0.4, -0.2) is 19.6 Å². The summed E-state index contributed by atoms with van der Waals surface area (Å²) in [5.41, 5.74) is 3.99. The fraction of sp³-hybridized carbons (Fsp3) is 0.174. The van der Waals surface area contributed by atoms with E-state index in [2.05, 4.69) is 29.3 Å². The van der Waals surface area contributed by atoms with E-state index >= 15 is 0 Å². The highest BCUT2D eigenvalue weighted by molar-refractivity contribution is 5.92. The monoisotopic (exact) mass is 360 g/mol. The molecule has 0 fully saturated rings. The van der Waals surface area contributed by atoms with E-state index in [1.165, 1.54) is 0 Å². The molecule has 27 heavy (non-hydrogen) atoms. The van der Waals surface area contributed by atoms with Crippen molar-refractivity contribution in [3.8, 4) is 5.75 Å². The number of carbonyl (C=O) groups is 1. The second-order valence-electron chi connectivity index (χ2n) is 6.20. The number of benzene rings is 3. The standard InChI is InChI=1S/C23H24N2O2/c1-3-25(20-7-5-4-6-8-20)21-13-11-19(12-14-21)24-23(26)17-18-9-15-22(27-2)16-10-18/h4-16H,3,17H2,1-2H3,(H,24,26). The van der Waals surface area contributed by atoms with Crippen molar-refractivity contribution in [3.63, 3.8) is 0 Å². The SMILES string of the molecule is CCN(c1ccccc1)c1ccc(NC(=O)Cc2ccc(OC)cc2)cc1. The quantitative estimate of drug-likeness (QED) is 0.642. The zero-order chi connectivity index (χ0) is 19.1. The minimum Gasteiger partial charge on any atom is -0.497 e. The van der Waals surface area contributed by atoms with E-state index in [1.54, 1.807) is 7.11 Å². The van der Waals surface area contributed by atoms with Crippen LogP contribution in [-0.2, 0) is 11.2 Å². The highest BCUT2D eigenvalue weighted by atomic mass is 16.5. The molecular formula is C23H24N2O2. The molecule has 0 radical (unpaired) electrons. The number of para-hydroxylation sites is 1. The molecule has 0 saturated carbocycles. The van der Waals surface area contributed by atoms with Gasteiger partial charge in [-0.05, 0) is 61.0 Å². The lowest BCUT2D eigenvalue weighted by Crippen LogP contribution is -2.16. The summed E-state index contributed by atoms with van der Waals surface area (Å²) in [6, 6.07) is 25.7. The van der Waals surface area contributed by atoms with Crippen LogP contribution in [0.25, 0.3) is 0 Å². The summed E-state index contributed by atoms with van der Waals surface area (Å²) in [5, 5.41) is 2.95. The summed E-state index contributed by atoms with van der Waals surface area (Å²) in [6.07, 6.45) is 0.330. The molecular weight excluding hydrogens is 336 g/mol. The average molecular weight is 360 g/mol. The van der Waals surface area contributed by atoms with E-state index in [0.29, 0.717) is 6.42 Å². The summed E-state index contributed by atoms with van der Waals surface area (Å²) in [4.78, 5) is 14.5. The lowest BCUT2D eigenvalue weighted by Gasteiger charge is -2.23. The van der Waals surface area contributed by atoms with Crippen LogP contribution in [0, 0.1) is 0 Å². The molecule has 138 valence electrons. The van der Waals surface area contributed by atoms with E-state index in [1.807, 2.05) is 66.7 Å². The maximum absolute atomic E-state index is 12.3. The van der Waals surface area contributed by atoms with Crippen molar-refractivity contribution in [2.24, 2.45) is 0 Å². The molecule has 0 spiro atoms. The van der Waals surface area contributed by atoms with Gasteiger partial charge in [0.15, 0.2) is 0 Å². The van der Waals surface area contributed by atoms with Gasteiger partial charge in [-0.15, -0.1) is 0 Å². The van der Waals surface area contributed by atoms with Gasteiger partial charge in [0.25, 0.3) is 0 Å². The lowest BCUT2D eigenvalue weighted by molar-refractivity contribution is -0.115. The Kier molecular flexibility index (Phi) is 6.10. The molecule has 0 atom stereocenters. The number of carbonyl (C=O) groups excluding carboxylic acids is 1. The normalized spacial score (nSPS) is 10.3. The number of methoxy groups -OCH3 is 1. The number of rotatable bonds is 7. The Bertz CT molecular complexity index is 859. The molecule has 0 aromatic heterocycles. The molecule has 0 unspecified atom stereocenters. The van der Waals surface area contributed by atoms with Crippen molar-refractivity contribution >= 4 is 23.0 Å². The van der Waals surface area contributed by atoms with Crippen molar-refractivity contribution in [1.82, 2.24) is 0 Å². The van der Waals surface area contributed by atoms with Crippen LogP contribution in [0.5, 0.6) is 5.75 Å². The van der Waals surface area contributed by atoms with E-state index in [-0.39, 0.29) is 5.91 Å². The van der Waals surface area contributed by atoms with Crippen LogP contribution >= 0.6 is 0 Å². The van der Waals surface area contributed by atoms with Gasteiger partial charge >= 0.3 is 0 Å². The summed E-state index contributed by atoms with van der Waals surface area (Å²) in [7, 11) is 1.63. The largest absolute Gasteiger partial charge is 0.497 e. The molecule has 0 aliphatic carbocycles. The van der Waals surface area contributed by atoms with E-state index in [0.717, 1.165) is 34.9 Å². The molecule has 3 aromatic carbocycles. The smallest absolute Gasteiger partial charge is 0.228 e. The first kappa shape index (κ1) is 18.5. The van der Waals surface area contributed by atoms with Crippen molar-refractivity contribution in [1.29, 1.82) is 0 Å². The Hall–Kier alpha value is -3.27. The van der Waals surface area contributed by atoms with E-state index < -0.39 is 0 Å². The molecule has 4 nitrogen and oxygen atoms in total. The Balaban J connectivity index is 1.63. The molecule has 4 heteroatoms. The van der Waals surface area contributed by atoms with Crippen molar-refractivity contribution in [2.45, 2.75) is 13.3 Å². The fourth-order valence-corrected chi connectivity index (χ4v) is 2.98. The Morgan fingerprint density at radius 3 is 2.11 bits per heavy atom. The van der Waals surface area contributed by atoms with Crippen LogP contribution in [0.2, 0.25) is 0 Å². The average Bonchev–Trinajstić information content (AvgIpc) is 2.71. The third kappa shape index (κ3) is 4.88. The predicted octanol–water partition coefficient (Wildman–Crippen LogP) is 5.03. The van der Waals surface area contributed by atoms with Gasteiger partial charge < -0.3 is 15.0 Å². The molecule has 0 bridgehead atoms. The Morgan fingerprint density at radius 2 is 1.52 bits per heavy atom. The van der Waals surface area contributed by atoms with Gasteiger partial charge in [-0.2, -0.15) is 0 Å². The first-order chi connectivity index (χ1) is 13.2. The number of hydrogen-bond acceptors (Lipinski definition) is 3. The number of hydrogen-bond donors (Lipinski definition) is 1. The molecule has 0 saturated heterocycles. The Labute approximate surface area is 160 Å². The van der Waals surface area contributed by atoms with Crippen molar-refractivity contribution in [2.75, 3.05) is 23.9 Å². The first-order valence-corrected chi connectivity index (χ1v) is 9.05. The summed E-state index contributed by atoms with van der Waals surface area (Å²) >= 11 is 0. The Morgan fingerprint density at radius 1 is 0.889 bits per heavy atom. The second-order valence-corrected chi connectivity index (χ2v) is 6.20. The number of amides is 1. The zero-order valence-corrected chi connectivity index (χ0v) is 15.7. The van der Waals surface area contributed by atoms with Gasteiger partial charge in [0, 0.05) is 23.6 Å². The predicted molar refractivity (Wildman–Crippen MR) is 111 cm³/mol. The topological polar surface area (TPSA) is 41.6 Å². The third-order valence-electron chi connectivity index (χ3n) is 4.37. The molecule has 3 aromatic rings. The number of anilines is 3. The first-order valence-electron chi connectivity index (χ1n) is 9.05. The number of ether oxygens (including phenoxy) is 1. The molecule has 0 aliphatic heterocycles. The van der Waals surface area contributed by atoms with Gasteiger partial charge in [-0.25, -0.2) is 0 Å². The highest BCUT2D eigenvalue weighted by Crippen LogP contribution is 2.26. The summed E-state index contributed by atoms with van der Waals surface area (Å²) in [5.74, 6) is 0.747. The highest BCUT2D eigenvalue weighted by Gasteiger charge is 2.08. The maximum Gasteiger partial charge on any atom is 0.228 e. The van der Waals surface area contributed by atoms with Crippen LogP contribution in [0.15, 0.2) is 78.9 Å². The number of nitrogens with zero attached hydrogens (tertiary/aromatic N) is 1. The maximum atomic E-state index is 12.3. The number of nitrogens with one attached hydrogen (secondary N) is 1. The van der Waals surface area contributed by atoms with Crippen molar-refractivity contribution < 1.29 is 9.53 Å². The van der Waals surface area contributed by atoms with E-state index in [9.17, 15) is 4.79 Å². The van der Waals surface area contributed by atoms with Crippen LogP contribution in [0.1, 0.15) is 12.5 Å². The van der Waals surface area contributed by atoms with Crippen LogP contribution in [0.4, 0.5) is 17.1 Å². The summed E-state index contributed by atoms with van der Waals surface area (Å²) in [6.45, 7) is 2.99. The van der Waals surface area contributed by atoms with Gasteiger partial charge in [-0.1, -0.05) is 30.3 Å². The minimum absolute atomic E-state index is 0.0386. The van der Waals surface area contributed by atoms with Crippen LogP contribution in [0.3, 0.4) is 0 Å².